The predicted molar refractivity (Wildman–Crippen MR) is 90.3 cm³/mol. The van der Waals surface area contributed by atoms with Crippen molar-refractivity contribution in [1.29, 1.82) is 0 Å². The van der Waals surface area contributed by atoms with Gasteiger partial charge in [-0.2, -0.15) is 0 Å². The topological polar surface area (TPSA) is 21.3 Å². The fourth-order valence-corrected chi connectivity index (χ4v) is 3.78. The highest BCUT2D eigenvalue weighted by molar-refractivity contribution is 6.35. The monoisotopic (exact) mass is 329 g/mol. The highest BCUT2D eigenvalue weighted by Crippen LogP contribution is 2.33. The van der Waals surface area contributed by atoms with Gasteiger partial charge in [0.25, 0.3) is 0 Å². The lowest BCUT2D eigenvalue weighted by molar-refractivity contribution is -0.0939. The van der Waals surface area contributed by atoms with Crippen LogP contribution in [0, 0.1) is 0 Å². The molecule has 1 saturated heterocycles. The van der Waals surface area contributed by atoms with Crippen LogP contribution >= 0.6 is 23.2 Å². The molecule has 0 amide bonds. The minimum atomic E-state index is 0.0411. The van der Waals surface area contributed by atoms with Gasteiger partial charge in [-0.05, 0) is 50.3 Å². The Labute approximate surface area is 138 Å². The van der Waals surface area contributed by atoms with Crippen molar-refractivity contribution in [2.45, 2.75) is 64.1 Å². The van der Waals surface area contributed by atoms with Crippen LogP contribution in [0.15, 0.2) is 18.2 Å². The molecule has 1 aliphatic rings. The summed E-state index contributed by atoms with van der Waals surface area (Å²) in [5.74, 6) is 0. The lowest BCUT2D eigenvalue weighted by Crippen LogP contribution is -2.47. The maximum Gasteiger partial charge on any atom is 0.0692 e. The van der Waals surface area contributed by atoms with Crippen LogP contribution in [0.25, 0.3) is 0 Å². The van der Waals surface area contributed by atoms with Crippen LogP contribution in [0.1, 0.15) is 58.1 Å². The lowest BCUT2D eigenvalue weighted by Gasteiger charge is -2.41. The predicted octanol–water partition coefficient (Wildman–Crippen LogP) is 5.38. The zero-order valence-corrected chi connectivity index (χ0v) is 14.6. The zero-order chi connectivity index (χ0) is 15.5. The molecule has 0 saturated carbocycles. The van der Waals surface area contributed by atoms with E-state index in [-0.39, 0.29) is 11.6 Å². The van der Waals surface area contributed by atoms with Crippen LogP contribution in [-0.4, -0.2) is 18.2 Å². The van der Waals surface area contributed by atoms with Crippen molar-refractivity contribution in [2.75, 3.05) is 6.61 Å². The van der Waals surface area contributed by atoms with E-state index in [1.807, 2.05) is 18.2 Å². The molecule has 1 fully saturated rings. The quantitative estimate of drug-likeness (QED) is 0.782. The minimum absolute atomic E-state index is 0.0411. The molecule has 2 rings (SSSR count). The molecule has 2 nitrogen and oxygen atoms in total. The molecule has 4 heteroatoms. The van der Waals surface area contributed by atoms with Gasteiger partial charge in [0.2, 0.25) is 0 Å². The minimum Gasteiger partial charge on any atom is -0.375 e. The summed E-state index contributed by atoms with van der Waals surface area (Å²) >= 11 is 12.3. The largest absolute Gasteiger partial charge is 0.375 e. The summed E-state index contributed by atoms with van der Waals surface area (Å²) in [6.45, 7) is 7.42. The van der Waals surface area contributed by atoms with Crippen molar-refractivity contribution in [3.05, 3.63) is 33.8 Å². The fraction of sp³-hybridized carbons (Fsp3) is 0.647. The molecule has 2 atom stereocenters. The highest BCUT2D eigenvalue weighted by Gasteiger charge is 2.34. The number of hydrogen-bond acceptors (Lipinski definition) is 2. The van der Waals surface area contributed by atoms with Crippen molar-refractivity contribution in [2.24, 2.45) is 0 Å². The number of nitrogens with one attached hydrogen (secondary N) is 1. The van der Waals surface area contributed by atoms with E-state index >= 15 is 0 Å². The van der Waals surface area contributed by atoms with E-state index in [1.165, 1.54) is 0 Å². The SMILES string of the molecule is CCC1(CC)CC(NC(C)c2ccc(Cl)cc2Cl)CCO1. The molecule has 118 valence electrons. The summed E-state index contributed by atoms with van der Waals surface area (Å²) in [6.07, 6.45) is 4.25. The summed E-state index contributed by atoms with van der Waals surface area (Å²) in [5, 5.41) is 5.12. The molecule has 1 aromatic carbocycles. The standard InChI is InChI=1S/C17H25Cl2NO/c1-4-17(5-2)11-14(8-9-21-17)20-12(3)15-7-6-13(18)10-16(15)19/h6-7,10,12,14,20H,4-5,8-9,11H2,1-3H3. The van der Waals surface area contributed by atoms with E-state index < -0.39 is 0 Å². The van der Waals surface area contributed by atoms with Crippen molar-refractivity contribution in [3.63, 3.8) is 0 Å². The van der Waals surface area contributed by atoms with E-state index in [9.17, 15) is 0 Å². The van der Waals surface area contributed by atoms with Gasteiger partial charge in [-0.15, -0.1) is 0 Å². The van der Waals surface area contributed by atoms with Crippen LogP contribution in [0.2, 0.25) is 10.0 Å². The third kappa shape index (κ3) is 4.13. The second-order valence-electron chi connectivity index (χ2n) is 5.98. The summed E-state index contributed by atoms with van der Waals surface area (Å²) in [6, 6.07) is 6.40. The second-order valence-corrected chi connectivity index (χ2v) is 6.83. The summed E-state index contributed by atoms with van der Waals surface area (Å²) in [4.78, 5) is 0. The Bertz CT molecular complexity index is 474. The highest BCUT2D eigenvalue weighted by atomic mass is 35.5. The average molecular weight is 330 g/mol. The van der Waals surface area contributed by atoms with E-state index in [0.29, 0.717) is 11.1 Å². The number of benzene rings is 1. The first kappa shape index (κ1) is 17.1. The summed E-state index contributed by atoms with van der Waals surface area (Å²) in [7, 11) is 0. The molecular weight excluding hydrogens is 305 g/mol. The first-order valence-corrected chi connectivity index (χ1v) is 8.60. The van der Waals surface area contributed by atoms with Gasteiger partial charge in [-0.3, -0.25) is 0 Å². The molecule has 1 aromatic rings. The molecule has 0 spiro atoms. The third-order valence-electron chi connectivity index (χ3n) is 4.70. The van der Waals surface area contributed by atoms with Crippen molar-refractivity contribution >= 4 is 23.2 Å². The smallest absolute Gasteiger partial charge is 0.0692 e. The molecule has 1 aliphatic heterocycles. The number of halogens is 2. The van der Waals surface area contributed by atoms with Gasteiger partial charge in [0, 0.05) is 28.7 Å². The molecule has 1 N–H and O–H groups in total. The van der Waals surface area contributed by atoms with E-state index in [2.05, 4.69) is 26.1 Å². The molecule has 0 bridgehead atoms. The zero-order valence-electron chi connectivity index (χ0n) is 13.1. The first-order valence-electron chi connectivity index (χ1n) is 7.84. The first-order chi connectivity index (χ1) is 9.99. The summed E-state index contributed by atoms with van der Waals surface area (Å²) < 4.78 is 6.04. The normalized spacial score (nSPS) is 23.0. The van der Waals surface area contributed by atoms with Crippen molar-refractivity contribution in [3.8, 4) is 0 Å². The third-order valence-corrected chi connectivity index (χ3v) is 5.26. The van der Waals surface area contributed by atoms with Crippen LogP contribution in [0.5, 0.6) is 0 Å². The van der Waals surface area contributed by atoms with E-state index in [4.69, 9.17) is 27.9 Å². The van der Waals surface area contributed by atoms with E-state index in [0.717, 1.165) is 42.9 Å². The fourth-order valence-electron chi connectivity index (χ4n) is 3.21. The Morgan fingerprint density at radius 2 is 2.05 bits per heavy atom. The van der Waals surface area contributed by atoms with Gasteiger partial charge in [0.15, 0.2) is 0 Å². The van der Waals surface area contributed by atoms with E-state index in [1.54, 1.807) is 0 Å². The number of ether oxygens (including phenoxy) is 1. The Morgan fingerprint density at radius 3 is 2.67 bits per heavy atom. The van der Waals surface area contributed by atoms with Gasteiger partial charge in [0.05, 0.1) is 5.60 Å². The van der Waals surface area contributed by atoms with Gasteiger partial charge < -0.3 is 10.1 Å². The molecule has 0 aromatic heterocycles. The number of rotatable bonds is 5. The lowest BCUT2D eigenvalue weighted by atomic mass is 9.85. The second kappa shape index (κ2) is 7.32. The maximum absolute atomic E-state index is 6.30. The Balaban J connectivity index is 2.03. The molecule has 2 unspecified atom stereocenters. The van der Waals surface area contributed by atoms with Crippen LogP contribution in [0.3, 0.4) is 0 Å². The van der Waals surface area contributed by atoms with Gasteiger partial charge >= 0.3 is 0 Å². The van der Waals surface area contributed by atoms with Gasteiger partial charge in [-0.1, -0.05) is 43.1 Å². The van der Waals surface area contributed by atoms with Gasteiger partial charge in [-0.25, -0.2) is 0 Å². The molecule has 0 aliphatic carbocycles. The molecular formula is C17H25Cl2NO. The molecule has 1 heterocycles. The average Bonchev–Trinajstić information content (AvgIpc) is 2.47. The van der Waals surface area contributed by atoms with Crippen LogP contribution in [0.4, 0.5) is 0 Å². The van der Waals surface area contributed by atoms with Gasteiger partial charge in [0.1, 0.15) is 0 Å². The van der Waals surface area contributed by atoms with Crippen molar-refractivity contribution in [1.82, 2.24) is 5.32 Å². The Morgan fingerprint density at radius 1 is 1.33 bits per heavy atom. The Kier molecular flexibility index (Phi) is 5.96. The summed E-state index contributed by atoms with van der Waals surface area (Å²) in [5.41, 5.74) is 1.14. The van der Waals surface area contributed by atoms with Crippen LogP contribution < -0.4 is 5.32 Å². The van der Waals surface area contributed by atoms with Crippen LogP contribution in [-0.2, 0) is 4.74 Å². The Hall–Kier alpha value is -0.280. The number of hydrogen-bond donors (Lipinski definition) is 1. The molecule has 21 heavy (non-hydrogen) atoms. The maximum atomic E-state index is 6.30. The molecule has 0 radical (unpaired) electrons. The van der Waals surface area contributed by atoms with Crippen molar-refractivity contribution < 1.29 is 4.74 Å².